The van der Waals surface area contributed by atoms with Crippen molar-refractivity contribution in [3.63, 3.8) is 0 Å². The van der Waals surface area contributed by atoms with Gasteiger partial charge in [-0.2, -0.15) is 0 Å². The third-order valence-electron chi connectivity index (χ3n) is 2.82. The van der Waals surface area contributed by atoms with E-state index in [0.717, 1.165) is 25.9 Å². The minimum atomic E-state index is -0.837. The zero-order valence-electron chi connectivity index (χ0n) is 8.94. The van der Waals surface area contributed by atoms with Crippen LogP contribution in [0.3, 0.4) is 0 Å². The summed E-state index contributed by atoms with van der Waals surface area (Å²) in [5.41, 5.74) is 0. The minimum absolute atomic E-state index is 0.459. The van der Waals surface area contributed by atoms with Crippen molar-refractivity contribution in [2.45, 2.75) is 32.7 Å². The van der Waals surface area contributed by atoms with Crippen LogP contribution in [0.2, 0.25) is 0 Å². The summed E-state index contributed by atoms with van der Waals surface area (Å²) in [6, 6.07) is 0.611. The van der Waals surface area contributed by atoms with Crippen molar-refractivity contribution in [2.75, 3.05) is 13.1 Å². The molecule has 1 N–H and O–H groups in total. The molecule has 0 radical (unpaired) electrons. The van der Waals surface area contributed by atoms with E-state index in [9.17, 15) is 4.79 Å². The van der Waals surface area contributed by atoms with Gasteiger partial charge in [0.2, 0.25) is 0 Å². The largest absolute Gasteiger partial charge is 0.478 e. The van der Waals surface area contributed by atoms with Crippen molar-refractivity contribution in [3.8, 4) is 0 Å². The number of rotatable bonds is 3. The summed E-state index contributed by atoms with van der Waals surface area (Å²) in [4.78, 5) is 12.8. The zero-order valence-corrected chi connectivity index (χ0v) is 8.94. The van der Waals surface area contributed by atoms with Gasteiger partial charge in [-0.3, -0.25) is 0 Å². The molecule has 0 saturated carbocycles. The number of carboxylic acids is 1. The first kappa shape index (κ1) is 11.2. The van der Waals surface area contributed by atoms with Gasteiger partial charge < -0.3 is 10.0 Å². The van der Waals surface area contributed by atoms with Crippen LogP contribution in [-0.4, -0.2) is 35.1 Å². The fraction of sp³-hybridized carbons (Fsp3) is 0.727. The van der Waals surface area contributed by atoms with Gasteiger partial charge in [0.15, 0.2) is 0 Å². The van der Waals surface area contributed by atoms with Crippen LogP contribution in [0.25, 0.3) is 0 Å². The molecule has 0 aliphatic carbocycles. The molecule has 0 atom stereocenters. The molecule has 1 aliphatic rings. The summed E-state index contributed by atoms with van der Waals surface area (Å²) >= 11 is 0. The number of hydrogen-bond acceptors (Lipinski definition) is 2. The number of likely N-dealkylation sites (tertiary alicyclic amines) is 1. The topological polar surface area (TPSA) is 40.5 Å². The number of aliphatic carboxylic acids is 1. The second-order valence-corrected chi connectivity index (χ2v) is 4.16. The lowest BCUT2D eigenvalue weighted by atomic mass is 9.95. The molecule has 1 rings (SSSR count). The zero-order chi connectivity index (χ0) is 10.6. The predicted octanol–water partition coefficient (Wildman–Crippen LogP) is 1.75. The average Bonchev–Trinajstić information content (AvgIpc) is 2.15. The van der Waals surface area contributed by atoms with Crippen molar-refractivity contribution >= 4 is 5.97 Å². The van der Waals surface area contributed by atoms with E-state index >= 15 is 0 Å². The summed E-state index contributed by atoms with van der Waals surface area (Å²) in [5, 5.41) is 8.49. The van der Waals surface area contributed by atoms with Crippen LogP contribution >= 0.6 is 0 Å². The lowest BCUT2D eigenvalue weighted by molar-refractivity contribution is -0.131. The normalized spacial score (nSPS) is 20.8. The highest BCUT2D eigenvalue weighted by molar-refractivity contribution is 5.79. The van der Waals surface area contributed by atoms with Gasteiger partial charge in [-0.05, 0) is 45.7 Å². The fourth-order valence-electron chi connectivity index (χ4n) is 1.85. The molecule has 3 nitrogen and oxygen atoms in total. The molecule has 14 heavy (non-hydrogen) atoms. The van der Waals surface area contributed by atoms with Gasteiger partial charge in [-0.15, -0.1) is 0 Å². The van der Waals surface area contributed by atoms with E-state index in [0.29, 0.717) is 12.0 Å². The number of nitrogens with zero attached hydrogens (tertiary/aromatic N) is 1. The first-order valence-electron chi connectivity index (χ1n) is 5.24. The molecule has 80 valence electrons. The van der Waals surface area contributed by atoms with Crippen molar-refractivity contribution in [1.82, 2.24) is 4.90 Å². The van der Waals surface area contributed by atoms with E-state index in [1.54, 1.807) is 0 Å². The highest BCUT2D eigenvalue weighted by Crippen LogP contribution is 2.19. The Bertz CT molecular complexity index is 215. The Balaban J connectivity index is 2.32. The van der Waals surface area contributed by atoms with Crippen molar-refractivity contribution in [2.24, 2.45) is 5.92 Å². The van der Waals surface area contributed by atoms with Crippen LogP contribution in [0.5, 0.6) is 0 Å². The van der Waals surface area contributed by atoms with E-state index in [1.807, 2.05) is 6.08 Å². The second-order valence-electron chi connectivity index (χ2n) is 4.16. The molecule has 0 spiro atoms. The molecule has 1 fully saturated rings. The molecule has 0 aromatic heterocycles. The maximum atomic E-state index is 10.3. The lowest BCUT2D eigenvalue weighted by Gasteiger charge is -2.33. The molecule has 0 unspecified atom stereocenters. The fourth-order valence-corrected chi connectivity index (χ4v) is 1.85. The van der Waals surface area contributed by atoms with Gasteiger partial charge in [-0.1, -0.05) is 6.08 Å². The van der Waals surface area contributed by atoms with Gasteiger partial charge in [0.1, 0.15) is 0 Å². The van der Waals surface area contributed by atoms with Crippen molar-refractivity contribution in [3.05, 3.63) is 12.2 Å². The van der Waals surface area contributed by atoms with Crippen LogP contribution in [-0.2, 0) is 4.79 Å². The summed E-state index contributed by atoms with van der Waals surface area (Å²) in [5.74, 6) is -0.377. The number of allylic oxidation sites excluding steroid dienone is 1. The Morgan fingerprint density at radius 3 is 2.43 bits per heavy atom. The van der Waals surface area contributed by atoms with E-state index in [1.165, 1.54) is 6.08 Å². The first-order chi connectivity index (χ1) is 6.59. The lowest BCUT2D eigenvalue weighted by Crippen LogP contribution is -2.38. The van der Waals surface area contributed by atoms with E-state index in [-0.39, 0.29) is 0 Å². The minimum Gasteiger partial charge on any atom is -0.478 e. The molecule has 1 aliphatic heterocycles. The Morgan fingerprint density at radius 1 is 1.43 bits per heavy atom. The summed E-state index contributed by atoms with van der Waals surface area (Å²) in [6.07, 6.45) is 5.28. The van der Waals surface area contributed by atoms with Crippen molar-refractivity contribution < 1.29 is 9.90 Å². The third-order valence-corrected chi connectivity index (χ3v) is 2.82. The maximum absolute atomic E-state index is 10.3. The second kappa shape index (κ2) is 5.15. The third kappa shape index (κ3) is 3.50. The monoisotopic (exact) mass is 197 g/mol. The Morgan fingerprint density at radius 2 is 2.00 bits per heavy atom. The van der Waals surface area contributed by atoms with E-state index < -0.39 is 5.97 Å². The number of hydrogen-bond donors (Lipinski definition) is 1. The van der Waals surface area contributed by atoms with Gasteiger partial charge in [0.05, 0.1) is 0 Å². The molecule has 1 heterocycles. The molecule has 0 amide bonds. The SMILES string of the molecule is CC(C)N1CCC(C=CC(=O)O)CC1. The maximum Gasteiger partial charge on any atom is 0.327 e. The molecular weight excluding hydrogens is 178 g/mol. The smallest absolute Gasteiger partial charge is 0.327 e. The van der Waals surface area contributed by atoms with Crippen LogP contribution < -0.4 is 0 Å². The molecule has 1 saturated heterocycles. The average molecular weight is 197 g/mol. The van der Waals surface area contributed by atoms with Gasteiger partial charge in [0.25, 0.3) is 0 Å². The van der Waals surface area contributed by atoms with Crippen LogP contribution in [0.15, 0.2) is 12.2 Å². The standard InChI is InChI=1S/C11H19NO2/c1-9(2)12-7-5-10(6-8-12)3-4-11(13)14/h3-4,9-10H,5-8H2,1-2H3,(H,13,14). The van der Waals surface area contributed by atoms with Crippen molar-refractivity contribution in [1.29, 1.82) is 0 Å². The molecular formula is C11H19NO2. The van der Waals surface area contributed by atoms with Gasteiger partial charge >= 0.3 is 5.97 Å². The summed E-state index contributed by atoms with van der Waals surface area (Å²) < 4.78 is 0. The number of piperidine rings is 1. The Kier molecular flexibility index (Phi) is 4.14. The molecule has 3 heteroatoms. The number of carbonyl (C=O) groups is 1. The van der Waals surface area contributed by atoms with Gasteiger partial charge in [-0.25, -0.2) is 4.79 Å². The quantitative estimate of drug-likeness (QED) is 0.701. The highest BCUT2D eigenvalue weighted by Gasteiger charge is 2.18. The summed E-state index contributed by atoms with van der Waals surface area (Å²) in [6.45, 7) is 6.58. The van der Waals surface area contributed by atoms with Crippen LogP contribution in [0, 0.1) is 5.92 Å². The Labute approximate surface area is 85.4 Å². The molecule has 0 bridgehead atoms. The van der Waals surface area contributed by atoms with Crippen LogP contribution in [0.1, 0.15) is 26.7 Å². The predicted molar refractivity (Wildman–Crippen MR) is 56.2 cm³/mol. The Hall–Kier alpha value is -0.830. The van der Waals surface area contributed by atoms with Crippen LogP contribution in [0.4, 0.5) is 0 Å². The first-order valence-corrected chi connectivity index (χ1v) is 5.24. The van der Waals surface area contributed by atoms with E-state index in [2.05, 4.69) is 18.7 Å². The molecule has 0 aromatic rings. The summed E-state index contributed by atoms with van der Waals surface area (Å²) in [7, 11) is 0. The molecule has 0 aromatic carbocycles. The van der Waals surface area contributed by atoms with Gasteiger partial charge in [0, 0.05) is 12.1 Å². The number of carboxylic acid groups (broad SMARTS) is 1. The highest BCUT2D eigenvalue weighted by atomic mass is 16.4. The van der Waals surface area contributed by atoms with E-state index in [4.69, 9.17) is 5.11 Å².